The van der Waals surface area contributed by atoms with Crippen molar-refractivity contribution in [1.29, 1.82) is 0 Å². The molecule has 0 radical (unpaired) electrons. The summed E-state index contributed by atoms with van der Waals surface area (Å²) in [6, 6.07) is 5.86. The van der Waals surface area contributed by atoms with Crippen LogP contribution in [0.15, 0.2) is 18.2 Å². The highest BCUT2D eigenvalue weighted by Gasteiger charge is 2.30. The van der Waals surface area contributed by atoms with Crippen LogP contribution in [0.25, 0.3) is 0 Å². The summed E-state index contributed by atoms with van der Waals surface area (Å²) in [5.41, 5.74) is 2.91. The molecule has 92 valence electrons. The largest absolute Gasteiger partial charge is 0.346 e. The minimum atomic E-state index is -0.104. The highest BCUT2D eigenvalue weighted by molar-refractivity contribution is 5.96. The van der Waals surface area contributed by atoms with Crippen molar-refractivity contribution in [1.82, 2.24) is 10.6 Å². The summed E-state index contributed by atoms with van der Waals surface area (Å²) in [5.74, 6) is 0.0393. The van der Waals surface area contributed by atoms with Crippen LogP contribution in [0.3, 0.4) is 0 Å². The lowest BCUT2D eigenvalue weighted by molar-refractivity contribution is 0.0912. The van der Waals surface area contributed by atoms with Gasteiger partial charge in [-0.15, -0.1) is 0 Å². The molecule has 1 amide bonds. The second-order valence-electron chi connectivity index (χ2n) is 5.19. The molecule has 1 atom stereocenters. The van der Waals surface area contributed by atoms with E-state index in [0.29, 0.717) is 0 Å². The summed E-state index contributed by atoms with van der Waals surface area (Å²) in [7, 11) is 0. The first-order valence-electron chi connectivity index (χ1n) is 6.11. The monoisotopic (exact) mass is 232 g/mol. The van der Waals surface area contributed by atoms with E-state index in [-0.39, 0.29) is 11.4 Å². The molecule has 0 spiro atoms. The van der Waals surface area contributed by atoms with Crippen molar-refractivity contribution < 1.29 is 4.79 Å². The molecule has 0 aliphatic carbocycles. The normalized spacial score (nSPS) is 23.7. The molecule has 1 heterocycles. The summed E-state index contributed by atoms with van der Waals surface area (Å²) in [5, 5.41) is 6.42. The maximum Gasteiger partial charge on any atom is 0.252 e. The fourth-order valence-electron chi connectivity index (χ4n) is 2.26. The van der Waals surface area contributed by atoms with E-state index in [9.17, 15) is 4.79 Å². The van der Waals surface area contributed by atoms with Gasteiger partial charge >= 0.3 is 0 Å². The minimum absolute atomic E-state index is 0.0393. The molecular weight excluding hydrogens is 212 g/mol. The molecule has 0 aromatic heterocycles. The Bertz CT molecular complexity index is 434. The number of hydrogen-bond acceptors (Lipinski definition) is 2. The van der Waals surface area contributed by atoms with Crippen LogP contribution in [0.5, 0.6) is 0 Å². The third-order valence-electron chi connectivity index (χ3n) is 3.63. The zero-order valence-corrected chi connectivity index (χ0v) is 10.8. The van der Waals surface area contributed by atoms with Crippen molar-refractivity contribution in [2.24, 2.45) is 0 Å². The molecule has 1 aliphatic heterocycles. The van der Waals surface area contributed by atoms with Gasteiger partial charge in [0.25, 0.3) is 5.91 Å². The summed E-state index contributed by atoms with van der Waals surface area (Å²) in [6.45, 7) is 7.95. The van der Waals surface area contributed by atoms with Gasteiger partial charge in [0.2, 0.25) is 0 Å². The standard InChI is InChI=1S/C14H20N2O/c1-10-5-4-6-12(11(10)2)13(17)16-14(3)7-8-15-9-14/h4-6,15H,7-9H2,1-3H3,(H,16,17). The molecule has 1 unspecified atom stereocenters. The smallest absolute Gasteiger partial charge is 0.252 e. The number of aryl methyl sites for hydroxylation is 1. The SMILES string of the molecule is Cc1cccc(C(=O)NC2(C)CCNC2)c1C. The molecule has 17 heavy (non-hydrogen) atoms. The summed E-state index contributed by atoms with van der Waals surface area (Å²) < 4.78 is 0. The van der Waals surface area contributed by atoms with Crippen molar-refractivity contribution in [3.63, 3.8) is 0 Å². The van der Waals surface area contributed by atoms with Crippen LogP contribution in [0.4, 0.5) is 0 Å². The van der Waals surface area contributed by atoms with Crippen molar-refractivity contribution in [3.05, 3.63) is 34.9 Å². The predicted molar refractivity (Wildman–Crippen MR) is 69.3 cm³/mol. The first-order chi connectivity index (χ1) is 8.02. The topological polar surface area (TPSA) is 41.1 Å². The Morgan fingerprint density at radius 2 is 2.18 bits per heavy atom. The van der Waals surface area contributed by atoms with Gasteiger partial charge in [0.1, 0.15) is 0 Å². The van der Waals surface area contributed by atoms with Crippen LogP contribution in [0, 0.1) is 13.8 Å². The van der Waals surface area contributed by atoms with E-state index >= 15 is 0 Å². The second kappa shape index (κ2) is 4.49. The quantitative estimate of drug-likeness (QED) is 0.816. The number of benzene rings is 1. The molecule has 1 saturated heterocycles. The molecule has 2 N–H and O–H groups in total. The van der Waals surface area contributed by atoms with Crippen molar-refractivity contribution >= 4 is 5.91 Å². The molecule has 3 nitrogen and oxygen atoms in total. The van der Waals surface area contributed by atoms with Gasteiger partial charge in [-0.05, 0) is 50.9 Å². The van der Waals surface area contributed by atoms with Crippen LogP contribution in [0.1, 0.15) is 34.8 Å². The molecule has 0 saturated carbocycles. The van der Waals surface area contributed by atoms with Crippen LogP contribution in [0.2, 0.25) is 0 Å². The van der Waals surface area contributed by atoms with Crippen molar-refractivity contribution in [3.8, 4) is 0 Å². The molecule has 3 heteroatoms. The third kappa shape index (κ3) is 2.50. The highest BCUT2D eigenvalue weighted by atomic mass is 16.1. The predicted octanol–water partition coefficient (Wildman–Crippen LogP) is 1.79. The number of nitrogens with one attached hydrogen (secondary N) is 2. The molecule has 2 rings (SSSR count). The maximum absolute atomic E-state index is 12.2. The molecular formula is C14H20N2O. The first kappa shape index (κ1) is 12.1. The van der Waals surface area contributed by atoms with E-state index in [4.69, 9.17) is 0 Å². The van der Waals surface area contributed by atoms with Crippen molar-refractivity contribution in [2.45, 2.75) is 32.7 Å². The lowest BCUT2D eigenvalue weighted by Gasteiger charge is -2.25. The van der Waals surface area contributed by atoms with Gasteiger partial charge in [-0.2, -0.15) is 0 Å². The first-order valence-corrected chi connectivity index (χ1v) is 6.11. The zero-order chi connectivity index (χ0) is 12.5. The van der Waals surface area contributed by atoms with E-state index < -0.39 is 0 Å². The van der Waals surface area contributed by atoms with Crippen LogP contribution < -0.4 is 10.6 Å². The Kier molecular flexibility index (Phi) is 3.20. The van der Waals surface area contributed by atoms with E-state index in [1.54, 1.807) is 0 Å². The van der Waals surface area contributed by atoms with Gasteiger partial charge in [0, 0.05) is 12.1 Å². The molecule has 0 bridgehead atoms. The number of amides is 1. The fourth-order valence-corrected chi connectivity index (χ4v) is 2.26. The summed E-state index contributed by atoms with van der Waals surface area (Å²) >= 11 is 0. The Hall–Kier alpha value is -1.35. The zero-order valence-electron chi connectivity index (χ0n) is 10.8. The number of carbonyl (C=O) groups excluding carboxylic acids is 1. The third-order valence-corrected chi connectivity index (χ3v) is 3.63. The van der Waals surface area contributed by atoms with E-state index in [1.807, 2.05) is 32.0 Å². The van der Waals surface area contributed by atoms with Gasteiger partial charge in [-0.3, -0.25) is 4.79 Å². The van der Waals surface area contributed by atoms with Crippen molar-refractivity contribution in [2.75, 3.05) is 13.1 Å². The Labute approximate surface area is 103 Å². The summed E-state index contributed by atoms with van der Waals surface area (Å²) in [4.78, 5) is 12.2. The van der Waals surface area contributed by atoms with Gasteiger partial charge in [-0.1, -0.05) is 12.1 Å². The molecule has 1 aromatic carbocycles. The lowest BCUT2D eigenvalue weighted by atomic mass is 9.98. The summed E-state index contributed by atoms with van der Waals surface area (Å²) in [6.07, 6.45) is 0.990. The highest BCUT2D eigenvalue weighted by Crippen LogP contribution is 2.17. The van der Waals surface area contributed by atoms with Gasteiger partial charge < -0.3 is 10.6 Å². The number of carbonyl (C=O) groups is 1. The van der Waals surface area contributed by atoms with Crippen LogP contribution in [-0.2, 0) is 0 Å². The Morgan fingerprint density at radius 1 is 1.41 bits per heavy atom. The van der Waals surface area contributed by atoms with Gasteiger partial charge in [0.15, 0.2) is 0 Å². The van der Waals surface area contributed by atoms with Crippen LogP contribution >= 0.6 is 0 Å². The Morgan fingerprint density at radius 3 is 2.82 bits per heavy atom. The van der Waals surface area contributed by atoms with Crippen LogP contribution in [-0.4, -0.2) is 24.5 Å². The second-order valence-corrected chi connectivity index (χ2v) is 5.19. The molecule has 1 aliphatic rings. The van der Waals surface area contributed by atoms with E-state index in [0.717, 1.165) is 36.2 Å². The number of rotatable bonds is 2. The lowest BCUT2D eigenvalue weighted by Crippen LogP contribution is -2.47. The molecule has 1 fully saturated rings. The van der Waals surface area contributed by atoms with Gasteiger partial charge in [0.05, 0.1) is 5.54 Å². The maximum atomic E-state index is 12.2. The average Bonchev–Trinajstić information content (AvgIpc) is 2.68. The molecule has 1 aromatic rings. The number of hydrogen-bond donors (Lipinski definition) is 2. The minimum Gasteiger partial charge on any atom is -0.346 e. The fraction of sp³-hybridized carbons (Fsp3) is 0.500. The average molecular weight is 232 g/mol. The Balaban J connectivity index is 2.17. The van der Waals surface area contributed by atoms with E-state index in [2.05, 4.69) is 17.6 Å². The van der Waals surface area contributed by atoms with Gasteiger partial charge in [-0.25, -0.2) is 0 Å². The van der Waals surface area contributed by atoms with E-state index in [1.165, 1.54) is 0 Å².